The number of hydrogen-bond donors (Lipinski definition) is 1. The highest BCUT2D eigenvalue weighted by Crippen LogP contribution is 2.13. The van der Waals surface area contributed by atoms with E-state index in [1.807, 2.05) is 0 Å². The number of carbonyl (C=O) groups excluding carboxylic acids is 1. The van der Waals surface area contributed by atoms with Crippen molar-refractivity contribution in [3.8, 4) is 0 Å². The Bertz CT molecular complexity index is 617. The molecule has 1 N–H and O–H groups in total. The van der Waals surface area contributed by atoms with Gasteiger partial charge in [-0.3, -0.25) is 9.78 Å². The van der Waals surface area contributed by atoms with Crippen LogP contribution < -0.4 is 5.43 Å². The first-order chi connectivity index (χ1) is 9.16. The second-order valence-electron chi connectivity index (χ2n) is 3.61. The van der Waals surface area contributed by atoms with Crippen LogP contribution in [-0.2, 0) is 0 Å². The molecular weight excluding hydrogens is 313 g/mol. The highest BCUT2D eigenvalue weighted by atomic mass is 79.9. The molecule has 2 aromatic rings. The topological polar surface area (TPSA) is 54.4 Å². The maximum Gasteiger partial charge on any atom is 0.272 e. The third kappa shape index (κ3) is 3.69. The number of carbonyl (C=O) groups is 1. The second-order valence-corrected chi connectivity index (χ2v) is 4.52. The summed E-state index contributed by atoms with van der Waals surface area (Å²) in [5, 5.41) is 3.70. The van der Waals surface area contributed by atoms with Crippen molar-refractivity contribution in [3.05, 3.63) is 64.1 Å². The molecule has 0 bridgehead atoms. The van der Waals surface area contributed by atoms with Crippen LogP contribution >= 0.6 is 15.9 Å². The largest absolute Gasteiger partial charge is 0.272 e. The highest BCUT2D eigenvalue weighted by molar-refractivity contribution is 9.10. The molecule has 1 heterocycles. The summed E-state index contributed by atoms with van der Waals surface area (Å²) < 4.78 is 14.1. The first-order valence-electron chi connectivity index (χ1n) is 5.35. The van der Waals surface area contributed by atoms with E-state index < -0.39 is 11.7 Å². The van der Waals surface area contributed by atoms with Crippen LogP contribution in [0.2, 0.25) is 0 Å². The number of aromatic nitrogens is 1. The first-order valence-corrected chi connectivity index (χ1v) is 6.14. The van der Waals surface area contributed by atoms with Crippen LogP contribution in [0.5, 0.6) is 0 Å². The molecule has 0 spiro atoms. The number of nitrogens with zero attached hydrogens (tertiary/aromatic N) is 2. The Morgan fingerprint density at radius 1 is 1.42 bits per heavy atom. The van der Waals surface area contributed by atoms with Crippen molar-refractivity contribution in [2.45, 2.75) is 0 Å². The van der Waals surface area contributed by atoms with Crippen LogP contribution in [0.25, 0.3) is 0 Å². The average molecular weight is 322 g/mol. The highest BCUT2D eigenvalue weighted by Gasteiger charge is 2.03. The van der Waals surface area contributed by atoms with E-state index in [2.05, 4.69) is 31.4 Å². The van der Waals surface area contributed by atoms with Crippen molar-refractivity contribution >= 4 is 28.1 Å². The van der Waals surface area contributed by atoms with Crippen molar-refractivity contribution in [2.75, 3.05) is 0 Å². The van der Waals surface area contributed by atoms with Crippen molar-refractivity contribution in [2.24, 2.45) is 5.10 Å². The van der Waals surface area contributed by atoms with Crippen molar-refractivity contribution in [1.29, 1.82) is 0 Å². The number of nitrogens with one attached hydrogen (secondary N) is 1. The van der Waals surface area contributed by atoms with Crippen LogP contribution in [0.3, 0.4) is 0 Å². The van der Waals surface area contributed by atoms with Crippen LogP contribution in [0.15, 0.2) is 52.3 Å². The van der Waals surface area contributed by atoms with Crippen LogP contribution in [0, 0.1) is 5.82 Å². The molecule has 0 fully saturated rings. The summed E-state index contributed by atoms with van der Waals surface area (Å²) in [6.07, 6.45) is 4.23. The molecule has 96 valence electrons. The minimum atomic E-state index is -0.422. The monoisotopic (exact) mass is 321 g/mol. The van der Waals surface area contributed by atoms with E-state index in [1.54, 1.807) is 30.5 Å². The molecule has 2 rings (SSSR count). The van der Waals surface area contributed by atoms with Gasteiger partial charge in [0.15, 0.2) is 0 Å². The van der Waals surface area contributed by atoms with Gasteiger partial charge in [-0.25, -0.2) is 9.82 Å². The maximum absolute atomic E-state index is 13.5. The normalized spacial score (nSPS) is 10.6. The van der Waals surface area contributed by atoms with Crippen LogP contribution in [0.4, 0.5) is 4.39 Å². The summed E-state index contributed by atoms with van der Waals surface area (Å²) in [5.41, 5.74) is 2.97. The number of amides is 1. The second kappa shape index (κ2) is 6.19. The van der Waals surface area contributed by atoms with Crippen molar-refractivity contribution in [1.82, 2.24) is 10.4 Å². The van der Waals surface area contributed by atoms with Crippen molar-refractivity contribution < 1.29 is 9.18 Å². The standard InChI is InChI=1S/C13H9BrFN3O/c14-11-4-3-9(12(15)6-11)8-17-18-13(19)10-2-1-5-16-7-10/h1-8H,(H,18,19)/b17-8-. The van der Waals surface area contributed by atoms with E-state index >= 15 is 0 Å². The maximum atomic E-state index is 13.5. The fourth-order valence-corrected chi connectivity index (χ4v) is 1.66. The van der Waals surface area contributed by atoms with Gasteiger partial charge in [-0.05, 0) is 30.3 Å². The fraction of sp³-hybridized carbons (Fsp3) is 0. The van der Waals surface area contributed by atoms with Gasteiger partial charge < -0.3 is 0 Å². The number of benzene rings is 1. The SMILES string of the molecule is O=C(N/N=C\c1ccc(Br)cc1F)c1cccnc1. The Balaban J connectivity index is 2.02. The zero-order valence-electron chi connectivity index (χ0n) is 9.68. The fourth-order valence-electron chi connectivity index (χ4n) is 1.33. The summed E-state index contributed by atoms with van der Waals surface area (Å²) in [6.45, 7) is 0. The summed E-state index contributed by atoms with van der Waals surface area (Å²) in [4.78, 5) is 15.4. The van der Waals surface area contributed by atoms with E-state index in [0.29, 0.717) is 10.0 Å². The molecule has 0 aliphatic heterocycles. The van der Waals surface area contributed by atoms with Gasteiger partial charge in [0.05, 0.1) is 11.8 Å². The molecule has 6 heteroatoms. The van der Waals surface area contributed by atoms with Gasteiger partial charge in [0.25, 0.3) is 5.91 Å². The molecule has 0 saturated carbocycles. The van der Waals surface area contributed by atoms with Crippen molar-refractivity contribution in [3.63, 3.8) is 0 Å². The van der Waals surface area contributed by atoms with Gasteiger partial charge in [0, 0.05) is 22.4 Å². The average Bonchev–Trinajstić information content (AvgIpc) is 2.42. The Kier molecular flexibility index (Phi) is 4.35. The van der Waals surface area contributed by atoms with Gasteiger partial charge in [0.2, 0.25) is 0 Å². The first kappa shape index (κ1) is 13.4. The zero-order valence-corrected chi connectivity index (χ0v) is 11.3. The molecule has 0 aliphatic carbocycles. The molecule has 1 aromatic carbocycles. The summed E-state index contributed by atoms with van der Waals surface area (Å²) in [6, 6.07) is 7.82. The number of hydrazone groups is 1. The Hall–Kier alpha value is -2.08. The van der Waals surface area contributed by atoms with Gasteiger partial charge in [-0.1, -0.05) is 15.9 Å². The Labute approximate surface area is 117 Å². The summed E-state index contributed by atoms with van der Waals surface area (Å²) >= 11 is 3.16. The third-order valence-electron chi connectivity index (χ3n) is 2.26. The molecular formula is C13H9BrFN3O. The van der Waals surface area contributed by atoms with E-state index in [-0.39, 0.29) is 5.56 Å². The number of rotatable bonds is 3. The van der Waals surface area contributed by atoms with Gasteiger partial charge in [0.1, 0.15) is 5.82 Å². The molecule has 0 unspecified atom stereocenters. The third-order valence-corrected chi connectivity index (χ3v) is 2.75. The molecule has 1 amide bonds. The lowest BCUT2D eigenvalue weighted by molar-refractivity contribution is 0.0955. The van der Waals surface area contributed by atoms with Crippen LogP contribution in [0.1, 0.15) is 15.9 Å². The Morgan fingerprint density at radius 2 is 2.26 bits per heavy atom. The molecule has 1 aromatic heterocycles. The zero-order chi connectivity index (χ0) is 13.7. The quantitative estimate of drug-likeness (QED) is 0.698. The molecule has 0 aliphatic rings. The summed E-state index contributed by atoms with van der Waals surface area (Å²) in [5.74, 6) is -0.823. The minimum Gasteiger partial charge on any atom is -0.267 e. The van der Waals surface area contributed by atoms with E-state index in [4.69, 9.17) is 0 Å². The lowest BCUT2D eigenvalue weighted by Crippen LogP contribution is -2.17. The van der Waals surface area contributed by atoms with Gasteiger partial charge >= 0.3 is 0 Å². The van der Waals surface area contributed by atoms with Crippen LogP contribution in [-0.4, -0.2) is 17.1 Å². The smallest absolute Gasteiger partial charge is 0.267 e. The minimum absolute atomic E-state index is 0.287. The van der Waals surface area contributed by atoms with E-state index in [9.17, 15) is 9.18 Å². The van der Waals surface area contributed by atoms with Gasteiger partial charge in [-0.2, -0.15) is 5.10 Å². The Morgan fingerprint density at radius 3 is 2.95 bits per heavy atom. The lowest BCUT2D eigenvalue weighted by atomic mass is 10.2. The van der Waals surface area contributed by atoms with E-state index in [0.717, 1.165) is 0 Å². The molecule has 4 nitrogen and oxygen atoms in total. The number of hydrogen-bond acceptors (Lipinski definition) is 3. The molecule has 0 saturated heterocycles. The van der Waals surface area contributed by atoms with Gasteiger partial charge in [-0.15, -0.1) is 0 Å². The number of pyridine rings is 1. The summed E-state index contributed by atoms with van der Waals surface area (Å²) in [7, 11) is 0. The lowest BCUT2D eigenvalue weighted by Gasteiger charge is -1.99. The molecule has 19 heavy (non-hydrogen) atoms. The van der Waals surface area contributed by atoms with E-state index in [1.165, 1.54) is 18.5 Å². The molecule has 0 radical (unpaired) electrons. The predicted octanol–water partition coefficient (Wildman–Crippen LogP) is 2.75. The number of halogens is 2. The molecule has 0 atom stereocenters. The predicted molar refractivity (Wildman–Crippen MR) is 73.4 cm³/mol.